The molecular weight excluding hydrogens is 501 g/mol. The van der Waals surface area contributed by atoms with Crippen molar-refractivity contribution in [2.45, 2.75) is 51.2 Å². The van der Waals surface area contributed by atoms with Gasteiger partial charge in [0.15, 0.2) is 5.78 Å². The minimum absolute atomic E-state index is 0.0871. The Balaban J connectivity index is 2.06. The van der Waals surface area contributed by atoms with Crippen molar-refractivity contribution < 1.29 is 28.2 Å². The van der Waals surface area contributed by atoms with Crippen LogP contribution in [0, 0.1) is 18.7 Å². The molecule has 8 nitrogen and oxygen atoms in total. The lowest BCUT2D eigenvalue weighted by Crippen LogP contribution is -2.66. The van der Waals surface area contributed by atoms with Crippen molar-refractivity contribution >= 4 is 18.3 Å². The number of carbonyl (C=O) groups is 3. The maximum absolute atomic E-state index is 14.9. The molecule has 1 aliphatic heterocycles. The average Bonchev–Trinajstić information content (AvgIpc) is 2.90. The van der Waals surface area contributed by atoms with E-state index in [1.54, 1.807) is 57.9 Å². The van der Waals surface area contributed by atoms with Crippen molar-refractivity contribution in [2.24, 2.45) is 5.92 Å². The van der Waals surface area contributed by atoms with Crippen LogP contribution in [0.4, 0.5) is 9.18 Å². The number of nitrogens with zero attached hydrogens (tertiary/aromatic N) is 1. The summed E-state index contributed by atoms with van der Waals surface area (Å²) >= 11 is 0. The van der Waals surface area contributed by atoms with Gasteiger partial charge in [0.25, 0.3) is 0 Å². The number of alkyl carbamates (subject to hydrolysis) is 1. The summed E-state index contributed by atoms with van der Waals surface area (Å²) in [7, 11) is 1.58. The lowest BCUT2D eigenvalue weighted by molar-refractivity contribution is -0.127. The van der Waals surface area contributed by atoms with Crippen LogP contribution in [0.2, 0.25) is 0 Å². The summed E-state index contributed by atoms with van der Waals surface area (Å²) in [5, 5.41) is 6.09. The first-order valence-electron chi connectivity index (χ1n) is 13.3. The predicted molar refractivity (Wildman–Crippen MR) is 147 cm³/mol. The highest BCUT2D eigenvalue weighted by Gasteiger charge is 2.52. The highest BCUT2D eigenvalue weighted by Crippen LogP contribution is 2.45. The van der Waals surface area contributed by atoms with E-state index in [0.29, 0.717) is 42.8 Å². The number of rotatable bonds is 11. The first kappa shape index (κ1) is 30.2. The zero-order valence-electron chi connectivity index (χ0n) is 23.5. The quantitative estimate of drug-likeness (QED) is 0.329. The number of Topliss-reactive ketones (excluding diaryl/α,β-unsaturated/α-hetero) is 1. The van der Waals surface area contributed by atoms with Crippen molar-refractivity contribution in [1.29, 1.82) is 0 Å². The number of halogens is 1. The van der Waals surface area contributed by atoms with Crippen LogP contribution in [-0.2, 0) is 14.3 Å². The molecule has 2 amide bonds. The molecule has 0 bridgehead atoms. The maximum Gasteiger partial charge on any atom is 0.407 e. The van der Waals surface area contributed by atoms with Crippen LogP contribution < -0.4 is 10.6 Å². The zero-order valence-corrected chi connectivity index (χ0v) is 23.5. The second kappa shape index (κ2) is 13.2. The van der Waals surface area contributed by atoms with E-state index >= 15 is 0 Å². The van der Waals surface area contributed by atoms with Gasteiger partial charge in [0.2, 0.25) is 6.41 Å². The van der Waals surface area contributed by atoms with E-state index in [4.69, 9.17) is 9.47 Å². The Morgan fingerprint density at radius 3 is 2.54 bits per heavy atom. The van der Waals surface area contributed by atoms with Crippen LogP contribution in [0.15, 0.2) is 48.5 Å². The molecule has 212 valence electrons. The van der Waals surface area contributed by atoms with Gasteiger partial charge >= 0.3 is 6.09 Å². The third-order valence-electron chi connectivity index (χ3n) is 7.28. The Morgan fingerprint density at radius 1 is 1.18 bits per heavy atom. The number of hydrogen-bond donors (Lipinski definition) is 2. The van der Waals surface area contributed by atoms with E-state index < -0.39 is 29.1 Å². The van der Waals surface area contributed by atoms with E-state index in [9.17, 15) is 18.8 Å². The van der Waals surface area contributed by atoms with Crippen LogP contribution in [0.5, 0.6) is 0 Å². The number of piperidine rings is 1. The highest BCUT2D eigenvalue weighted by atomic mass is 19.1. The Kier molecular flexibility index (Phi) is 10.2. The number of ketones is 1. The van der Waals surface area contributed by atoms with Crippen molar-refractivity contribution in [2.75, 3.05) is 39.9 Å². The van der Waals surface area contributed by atoms with Crippen LogP contribution in [0.25, 0.3) is 0 Å². The Bertz CT molecular complexity index is 1140. The largest absolute Gasteiger partial charge is 0.444 e. The van der Waals surface area contributed by atoms with Crippen molar-refractivity contribution in [3.8, 4) is 0 Å². The average molecular weight is 542 g/mol. The van der Waals surface area contributed by atoms with E-state index in [-0.39, 0.29) is 24.7 Å². The van der Waals surface area contributed by atoms with Gasteiger partial charge in [-0.15, -0.1) is 0 Å². The lowest BCUT2D eigenvalue weighted by atomic mass is 9.64. The van der Waals surface area contributed by atoms with Crippen LogP contribution in [-0.4, -0.2) is 74.2 Å². The predicted octanol–water partition coefficient (Wildman–Crippen LogP) is 4.08. The molecule has 2 aromatic carbocycles. The summed E-state index contributed by atoms with van der Waals surface area (Å²) in [6.45, 7) is 8.34. The fourth-order valence-corrected chi connectivity index (χ4v) is 5.49. The summed E-state index contributed by atoms with van der Waals surface area (Å²) in [5.74, 6) is -1.58. The molecule has 0 saturated carbocycles. The molecule has 0 radical (unpaired) electrons. The fourth-order valence-electron chi connectivity index (χ4n) is 5.49. The first-order chi connectivity index (χ1) is 18.5. The first-order valence-corrected chi connectivity index (χ1v) is 13.3. The van der Waals surface area contributed by atoms with E-state index in [1.165, 1.54) is 6.07 Å². The minimum atomic E-state index is -0.945. The molecule has 1 heterocycles. The number of hydrogen-bond acceptors (Lipinski definition) is 6. The van der Waals surface area contributed by atoms with Crippen molar-refractivity contribution in [1.82, 2.24) is 15.5 Å². The zero-order chi connectivity index (χ0) is 28.6. The van der Waals surface area contributed by atoms with Gasteiger partial charge in [0.05, 0.1) is 5.54 Å². The standard InChI is InChI=1S/C30H40FN3O5/c1-21-23(12-9-13-25(21)31)26-24(27(36)22-10-7-6-8-11-22)18-32-19-30(26,14-17-38-5)34(20-35)16-15-33-28(37)39-29(2,3)4/h6-13,20,24,26,32H,14-19H2,1-5H3,(H,33,37)/t24-,26-,30+/m0/s1. The number of amides is 2. The highest BCUT2D eigenvalue weighted by molar-refractivity contribution is 5.99. The fraction of sp³-hybridized carbons (Fsp3) is 0.500. The smallest absolute Gasteiger partial charge is 0.407 e. The van der Waals surface area contributed by atoms with Gasteiger partial charge in [-0.3, -0.25) is 9.59 Å². The normalized spacial score (nSPS) is 21.2. The molecule has 1 aliphatic rings. The maximum atomic E-state index is 14.9. The molecule has 2 N–H and O–H groups in total. The molecule has 3 rings (SSSR count). The second-order valence-corrected chi connectivity index (χ2v) is 11.0. The van der Waals surface area contributed by atoms with E-state index in [1.807, 2.05) is 24.3 Å². The SMILES string of the molecule is COCC[C@@]1(N(C=O)CCNC(=O)OC(C)(C)C)CNC[C@H](C(=O)c2ccccc2)[C@@H]1c1cccc(F)c1C. The van der Waals surface area contributed by atoms with Gasteiger partial charge in [0.1, 0.15) is 11.4 Å². The molecule has 2 aromatic rings. The number of benzene rings is 2. The van der Waals surface area contributed by atoms with Gasteiger partial charge in [-0.05, 0) is 51.3 Å². The molecule has 39 heavy (non-hydrogen) atoms. The van der Waals surface area contributed by atoms with Crippen LogP contribution in [0.1, 0.15) is 54.6 Å². The summed E-state index contributed by atoms with van der Waals surface area (Å²) < 4.78 is 25.7. The molecule has 0 aromatic heterocycles. The van der Waals surface area contributed by atoms with E-state index in [2.05, 4.69) is 10.6 Å². The molecule has 9 heteroatoms. The molecule has 3 atom stereocenters. The Hall–Kier alpha value is -3.30. The number of ether oxygens (including phenoxy) is 2. The van der Waals surface area contributed by atoms with Crippen molar-refractivity contribution in [3.63, 3.8) is 0 Å². The van der Waals surface area contributed by atoms with E-state index in [0.717, 1.165) is 6.41 Å². The molecule has 0 aliphatic carbocycles. The summed E-state index contributed by atoms with van der Waals surface area (Å²) in [6.07, 6.45) is 0.544. The monoisotopic (exact) mass is 541 g/mol. The molecule has 0 unspecified atom stereocenters. The van der Waals surface area contributed by atoms with Crippen LogP contribution >= 0.6 is 0 Å². The lowest BCUT2D eigenvalue weighted by Gasteiger charge is -2.53. The minimum Gasteiger partial charge on any atom is -0.444 e. The molecule has 0 spiro atoms. The van der Waals surface area contributed by atoms with Gasteiger partial charge in [-0.1, -0.05) is 42.5 Å². The topological polar surface area (TPSA) is 97.0 Å². The number of methoxy groups -OCH3 is 1. The molecule has 1 fully saturated rings. The van der Waals surface area contributed by atoms with Gasteiger partial charge in [0, 0.05) is 57.3 Å². The van der Waals surface area contributed by atoms with Gasteiger partial charge in [-0.25, -0.2) is 9.18 Å². The third kappa shape index (κ3) is 7.22. The van der Waals surface area contributed by atoms with Crippen LogP contribution in [0.3, 0.4) is 0 Å². The molecule has 1 saturated heterocycles. The Morgan fingerprint density at radius 2 is 1.90 bits per heavy atom. The third-order valence-corrected chi connectivity index (χ3v) is 7.28. The van der Waals surface area contributed by atoms with Gasteiger partial charge < -0.3 is 25.0 Å². The number of nitrogens with one attached hydrogen (secondary N) is 2. The second-order valence-electron chi connectivity index (χ2n) is 11.0. The summed E-state index contributed by atoms with van der Waals surface area (Å²) in [6, 6.07) is 13.9. The Labute approximate surface area is 230 Å². The summed E-state index contributed by atoms with van der Waals surface area (Å²) in [5.41, 5.74) is 0.0601. The number of carbonyl (C=O) groups excluding carboxylic acids is 3. The molecular formula is C30H40FN3O5. The van der Waals surface area contributed by atoms with Crippen molar-refractivity contribution in [3.05, 3.63) is 71.0 Å². The summed E-state index contributed by atoms with van der Waals surface area (Å²) in [4.78, 5) is 40.5. The van der Waals surface area contributed by atoms with Gasteiger partial charge in [-0.2, -0.15) is 0 Å².